The number of hydrogen-bond acceptors (Lipinski definition) is 6. The van der Waals surface area contributed by atoms with E-state index >= 15 is 0 Å². The highest BCUT2D eigenvalue weighted by Gasteiger charge is 2.20. The molecule has 9 nitrogen and oxygen atoms in total. The van der Waals surface area contributed by atoms with Crippen molar-refractivity contribution >= 4 is 22.6 Å². The highest BCUT2D eigenvalue weighted by Crippen LogP contribution is 2.23. The summed E-state index contributed by atoms with van der Waals surface area (Å²) in [5.41, 5.74) is 2.61. The van der Waals surface area contributed by atoms with E-state index in [4.69, 9.17) is 14.2 Å². The highest BCUT2D eigenvalue weighted by atomic mass is 16.5. The van der Waals surface area contributed by atoms with Gasteiger partial charge < -0.3 is 19.5 Å². The third kappa shape index (κ3) is 4.83. The average Bonchev–Trinajstić information content (AvgIpc) is 3.37. The quantitative estimate of drug-likeness (QED) is 0.571. The molecule has 0 radical (unpaired) electrons. The maximum absolute atomic E-state index is 13.0. The Morgan fingerprint density at radius 3 is 2.39 bits per heavy atom. The molecule has 1 aliphatic heterocycles. The van der Waals surface area contributed by atoms with Crippen molar-refractivity contribution in [2.24, 2.45) is 0 Å². The Morgan fingerprint density at radius 2 is 1.76 bits per heavy atom. The van der Waals surface area contributed by atoms with Gasteiger partial charge in [0.15, 0.2) is 0 Å². The second-order valence-corrected chi connectivity index (χ2v) is 7.65. The van der Waals surface area contributed by atoms with Gasteiger partial charge in [0.2, 0.25) is 0 Å². The van der Waals surface area contributed by atoms with Crippen molar-refractivity contribution in [3.05, 3.63) is 70.1 Å². The van der Waals surface area contributed by atoms with E-state index in [0.29, 0.717) is 35.4 Å². The van der Waals surface area contributed by atoms with Crippen molar-refractivity contribution < 1.29 is 23.8 Å². The van der Waals surface area contributed by atoms with Crippen LogP contribution >= 0.6 is 0 Å². The number of nitrogens with zero attached hydrogens (tertiary/aromatic N) is 1. The van der Waals surface area contributed by atoms with Gasteiger partial charge in [0.1, 0.15) is 11.5 Å². The first kappa shape index (κ1) is 22.3. The zero-order valence-corrected chi connectivity index (χ0v) is 18.4. The first-order valence-corrected chi connectivity index (χ1v) is 10.6. The zero-order chi connectivity index (χ0) is 23.4. The number of methoxy groups -OCH3 is 2. The van der Waals surface area contributed by atoms with Gasteiger partial charge in [-0.1, -0.05) is 18.2 Å². The van der Waals surface area contributed by atoms with Gasteiger partial charge >= 0.3 is 0 Å². The number of fused-ring (bicyclic) bond motifs is 1. The van der Waals surface area contributed by atoms with Crippen LogP contribution in [0.3, 0.4) is 0 Å². The van der Waals surface area contributed by atoms with Crippen molar-refractivity contribution in [2.75, 3.05) is 32.8 Å². The maximum Gasteiger partial charge on any atom is 0.277 e. The number of carbonyl (C=O) groups excluding carboxylic acids is 2. The van der Waals surface area contributed by atoms with Gasteiger partial charge in [-0.15, -0.1) is 0 Å². The summed E-state index contributed by atoms with van der Waals surface area (Å²) in [7, 11) is 2.96. The first-order valence-electron chi connectivity index (χ1n) is 10.6. The molecular formula is C24H25N3O6. The van der Waals surface area contributed by atoms with Crippen molar-refractivity contribution in [3.63, 3.8) is 0 Å². The van der Waals surface area contributed by atoms with Gasteiger partial charge in [0, 0.05) is 41.8 Å². The molecule has 2 N–H and O–H groups in total. The smallest absolute Gasteiger partial charge is 0.277 e. The van der Waals surface area contributed by atoms with Crippen molar-refractivity contribution in [1.82, 2.24) is 9.99 Å². The molecule has 33 heavy (non-hydrogen) atoms. The molecule has 1 aliphatic rings. The lowest BCUT2D eigenvalue weighted by Crippen LogP contribution is -2.36. The predicted molar refractivity (Wildman–Crippen MR) is 123 cm³/mol. The molecule has 9 heteroatoms. The lowest BCUT2D eigenvalue weighted by Gasteiger charge is -2.15. The Labute approximate surface area is 190 Å². The summed E-state index contributed by atoms with van der Waals surface area (Å²) < 4.78 is 17.0. The Morgan fingerprint density at radius 1 is 1.06 bits per heavy atom. The standard InChI is InChI=1S/C24H25N3O6/c1-31-17-10-15(11-18(12-17)32-2)22(28)26-27-14-21(19-7-3-4-8-20(19)24(27)30)23(29)25-13-16-6-5-9-33-16/h3-4,7-8,10-12,14,16H,5-6,9,13H2,1-2H3,(H,25,29)(H,26,28). The van der Waals surface area contributed by atoms with E-state index in [1.807, 2.05) is 0 Å². The number of benzene rings is 2. The van der Waals surface area contributed by atoms with Crippen LogP contribution in [0.4, 0.5) is 0 Å². The fraction of sp³-hybridized carbons (Fsp3) is 0.292. The third-order valence-electron chi connectivity index (χ3n) is 5.52. The molecule has 1 saturated heterocycles. The van der Waals surface area contributed by atoms with Gasteiger partial charge in [-0.2, -0.15) is 0 Å². The number of ether oxygens (including phenoxy) is 3. The SMILES string of the molecule is COc1cc(OC)cc(C(=O)Nn2cc(C(=O)NCC3CCCO3)c3ccccc3c2=O)c1. The number of carbonyl (C=O) groups is 2. The van der Waals surface area contributed by atoms with Crippen LogP contribution in [0.25, 0.3) is 10.8 Å². The number of rotatable bonds is 7. The summed E-state index contributed by atoms with van der Waals surface area (Å²) in [5.74, 6) is -0.0536. The van der Waals surface area contributed by atoms with Gasteiger partial charge in [-0.3, -0.25) is 19.8 Å². The number of hydrogen-bond donors (Lipinski definition) is 2. The first-order chi connectivity index (χ1) is 16.0. The fourth-order valence-electron chi connectivity index (χ4n) is 3.78. The van der Waals surface area contributed by atoms with E-state index in [1.54, 1.807) is 30.3 Å². The molecular weight excluding hydrogens is 426 g/mol. The molecule has 1 aromatic heterocycles. The summed E-state index contributed by atoms with van der Waals surface area (Å²) in [6.45, 7) is 1.07. The molecule has 0 saturated carbocycles. The lowest BCUT2D eigenvalue weighted by molar-refractivity contribution is 0.0858. The van der Waals surface area contributed by atoms with E-state index in [2.05, 4.69) is 10.7 Å². The van der Waals surface area contributed by atoms with E-state index in [0.717, 1.165) is 17.5 Å². The van der Waals surface area contributed by atoms with Crippen molar-refractivity contribution in [3.8, 4) is 11.5 Å². The molecule has 4 rings (SSSR count). The minimum Gasteiger partial charge on any atom is -0.497 e. The van der Waals surface area contributed by atoms with Crippen LogP contribution < -0.4 is 25.8 Å². The van der Waals surface area contributed by atoms with E-state index < -0.39 is 11.5 Å². The Kier molecular flexibility index (Phi) is 6.60. The van der Waals surface area contributed by atoms with Crippen molar-refractivity contribution in [1.29, 1.82) is 0 Å². The summed E-state index contributed by atoms with van der Waals surface area (Å²) in [5, 5.41) is 3.68. The van der Waals surface area contributed by atoms with E-state index in [9.17, 15) is 14.4 Å². The fourth-order valence-corrected chi connectivity index (χ4v) is 3.78. The average molecular weight is 451 g/mol. The predicted octanol–water partition coefficient (Wildman–Crippen LogP) is 2.31. The summed E-state index contributed by atoms with van der Waals surface area (Å²) in [6, 6.07) is 11.5. The summed E-state index contributed by atoms with van der Waals surface area (Å²) >= 11 is 0. The highest BCUT2D eigenvalue weighted by molar-refractivity contribution is 6.07. The van der Waals surface area contributed by atoms with Crippen LogP contribution in [-0.4, -0.2) is 50.0 Å². The molecule has 2 aromatic carbocycles. The monoisotopic (exact) mass is 451 g/mol. The largest absolute Gasteiger partial charge is 0.497 e. The van der Waals surface area contributed by atoms with E-state index in [1.165, 1.54) is 32.5 Å². The Balaban J connectivity index is 1.66. The van der Waals surface area contributed by atoms with Gasteiger partial charge in [0.25, 0.3) is 17.4 Å². The molecule has 1 atom stereocenters. The molecule has 0 spiro atoms. The Bertz CT molecular complexity index is 1220. The molecule has 0 bridgehead atoms. The third-order valence-corrected chi connectivity index (χ3v) is 5.52. The van der Waals surface area contributed by atoms with Crippen LogP contribution in [0.15, 0.2) is 53.5 Å². The molecule has 172 valence electrons. The van der Waals surface area contributed by atoms with Gasteiger partial charge in [-0.05, 0) is 31.0 Å². The Hall–Kier alpha value is -3.85. The second kappa shape index (κ2) is 9.74. The number of amides is 2. The van der Waals surface area contributed by atoms with Crippen LogP contribution in [0, 0.1) is 0 Å². The number of pyridine rings is 1. The summed E-state index contributed by atoms with van der Waals surface area (Å²) in [4.78, 5) is 38.9. The molecule has 2 amide bonds. The second-order valence-electron chi connectivity index (χ2n) is 7.65. The number of aromatic nitrogens is 1. The van der Waals surface area contributed by atoms with Crippen LogP contribution in [-0.2, 0) is 4.74 Å². The molecule has 0 aliphatic carbocycles. The van der Waals surface area contributed by atoms with Gasteiger partial charge in [-0.25, -0.2) is 4.68 Å². The number of nitrogens with one attached hydrogen (secondary N) is 2. The van der Waals surface area contributed by atoms with Gasteiger partial charge in [0.05, 0.1) is 25.9 Å². The molecule has 1 unspecified atom stereocenters. The van der Waals surface area contributed by atoms with E-state index in [-0.39, 0.29) is 23.1 Å². The van der Waals surface area contributed by atoms with Crippen LogP contribution in [0.2, 0.25) is 0 Å². The molecule has 3 aromatic rings. The minimum absolute atomic E-state index is 0.0196. The normalized spacial score (nSPS) is 15.3. The molecule has 1 fully saturated rings. The zero-order valence-electron chi connectivity index (χ0n) is 18.4. The summed E-state index contributed by atoms with van der Waals surface area (Å²) in [6.07, 6.45) is 3.18. The topological polar surface area (TPSA) is 108 Å². The van der Waals surface area contributed by atoms with Crippen LogP contribution in [0.5, 0.6) is 11.5 Å². The minimum atomic E-state index is -0.560. The van der Waals surface area contributed by atoms with Crippen LogP contribution in [0.1, 0.15) is 33.6 Å². The maximum atomic E-state index is 13.0. The lowest BCUT2D eigenvalue weighted by atomic mass is 10.1. The molecule has 2 heterocycles. The van der Waals surface area contributed by atoms with Crippen molar-refractivity contribution in [2.45, 2.75) is 18.9 Å².